The van der Waals surface area contributed by atoms with Gasteiger partial charge in [-0.25, -0.2) is 8.42 Å². The monoisotopic (exact) mass is 269 g/mol. The van der Waals surface area contributed by atoms with E-state index in [1.54, 1.807) is 12.1 Å². The Morgan fingerprint density at radius 3 is 2.67 bits per heavy atom. The Balaban J connectivity index is 2.71. The Labute approximate surface area is 108 Å². The number of para-hydroxylation sites is 1. The van der Waals surface area contributed by atoms with Crippen LogP contribution in [0.4, 0.5) is 5.69 Å². The average Bonchev–Trinajstić information content (AvgIpc) is 2.33. The van der Waals surface area contributed by atoms with Crippen LogP contribution in [0.25, 0.3) is 0 Å². The molecule has 0 saturated heterocycles. The molecule has 1 aliphatic rings. The molecular weight excluding hydrogens is 250 g/mol. The molecule has 0 fully saturated rings. The van der Waals surface area contributed by atoms with E-state index in [9.17, 15) is 13.5 Å². The van der Waals surface area contributed by atoms with Gasteiger partial charge in [-0.05, 0) is 17.5 Å². The SMILES string of the molecule is CC(C)c1cccc2c1N(C)C(CO)CS2(=O)=O. The summed E-state index contributed by atoms with van der Waals surface area (Å²) in [6.45, 7) is 3.93. The standard InChI is InChI=1S/C13H19NO3S/c1-9(2)11-5-4-6-12-13(11)14(3)10(7-15)8-18(12,16)17/h4-6,9-10,15H,7-8H2,1-3H3. The first-order chi connectivity index (χ1) is 8.38. The van der Waals surface area contributed by atoms with Crippen LogP contribution in [0.1, 0.15) is 25.3 Å². The predicted molar refractivity (Wildman–Crippen MR) is 71.9 cm³/mol. The molecule has 0 bridgehead atoms. The van der Waals surface area contributed by atoms with Crippen molar-refractivity contribution in [3.05, 3.63) is 23.8 Å². The van der Waals surface area contributed by atoms with Crippen LogP contribution in [-0.4, -0.2) is 39.0 Å². The number of aliphatic hydroxyl groups excluding tert-OH is 1. The van der Waals surface area contributed by atoms with Gasteiger partial charge in [0.1, 0.15) is 0 Å². The molecule has 0 radical (unpaired) electrons. The molecule has 1 heterocycles. The lowest BCUT2D eigenvalue weighted by atomic mass is 10.00. The third-order valence-corrected chi connectivity index (χ3v) is 5.33. The van der Waals surface area contributed by atoms with Gasteiger partial charge in [0.25, 0.3) is 0 Å². The fourth-order valence-electron chi connectivity index (χ4n) is 2.45. The molecule has 1 aromatic rings. The first-order valence-electron chi connectivity index (χ1n) is 6.08. The Morgan fingerprint density at radius 1 is 1.44 bits per heavy atom. The van der Waals surface area contributed by atoms with Gasteiger partial charge in [-0.15, -0.1) is 0 Å². The smallest absolute Gasteiger partial charge is 0.182 e. The van der Waals surface area contributed by atoms with E-state index < -0.39 is 9.84 Å². The van der Waals surface area contributed by atoms with Crippen LogP contribution in [0.15, 0.2) is 23.1 Å². The summed E-state index contributed by atoms with van der Waals surface area (Å²) in [5, 5.41) is 9.34. The molecule has 1 aliphatic heterocycles. The quantitative estimate of drug-likeness (QED) is 0.881. The van der Waals surface area contributed by atoms with Crippen LogP contribution in [0.5, 0.6) is 0 Å². The van der Waals surface area contributed by atoms with Gasteiger partial charge < -0.3 is 10.0 Å². The van der Waals surface area contributed by atoms with Crippen LogP contribution in [0, 0.1) is 0 Å². The third-order valence-electron chi connectivity index (χ3n) is 3.51. The minimum absolute atomic E-state index is 0.0193. The average molecular weight is 269 g/mol. The van der Waals surface area contributed by atoms with Crippen molar-refractivity contribution in [1.82, 2.24) is 0 Å². The van der Waals surface area contributed by atoms with E-state index in [0.29, 0.717) is 4.90 Å². The van der Waals surface area contributed by atoms with Crippen LogP contribution in [0.3, 0.4) is 0 Å². The van der Waals surface area contributed by atoms with Gasteiger partial charge in [0.2, 0.25) is 0 Å². The van der Waals surface area contributed by atoms with Crippen molar-refractivity contribution in [1.29, 1.82) is 0 Å². The largest absolute Gasteiger partial charge is 0.394 e. The summed E-state index contributed by atoms with van der Waals surface area (Å²) < 4.78 is 24.4. The number of hydrogen-bond donors (Lipinski definition) is 1. The highest BCUT2D eigenvalue weighted by molar-refractivity contribution is 7.91. The van der Waals surface area contributed by atoms with Gasteiger partial charge in [-0.1, -0.05) is 26.0 Å². The predicted octanol–water partition coefficient (Wildman–Crippen LogP) is 1.39. The van der Waals surface area contributed by atoms with E-state index in [1.807, 2.05) is 31.9 Å². The number of rotatable bonds is 2. The molecular formula is C13H19NO3S. The number of likely N-dealkylation sites (N-methyl/N-ethyl adjacent to an activating group) is 1. The molecule has 100 valence electrons. The summed E-state index contributed by atoms with van der Waals surface area (Å²) in [4.78, 5) is 2.28. The van der Waals surface area contributed by atoms with Crippen molar-refractivity contribution < 1.29 is 13.5 Å². The number of fused-ring (bicyclic) bond motifs is 1. The Hall–Kier alpha value is -1.07. The van der Waals surface area contributed by atoms with Crippen LogP contribution >= 0.6 is 0 Å². The first-order valence-corrected chi connectivity index (χ1v) is 7.73. The minimum atomic E-state index is -3.29. The van der Waals surface area contributed by atoms with E-state index in [-0.39, 0.29) is 24.3 Å². The summed E-state index contributed by atoms with van der Waals surface area (Å²) in [5.74, 6) is 0.226. The van der Waals surface area contributed by atoms with Crippen molar-refractivity contribution >= 4 is 15.5 Å². The second-order valence-corrected chi connectivity index (χ2v) is 7.08. The Kier molecular flexibility index (Phi) is 3.38. The van der Waals surface area contributed by atoms with Gasteiger partial charge >= 0.3 is 0 Å². The van der Waals surface area contributed by atoms with Gasteiger partial charge in [0, 0.05) is 7.05 Å². The summed E-state index contributed by atoms with van der Waals surface area (Å²) in [6.07, 6.45) is 0. The molecule has 1 unspecified atom stereocenters. The molecule has 4 nitrogen and oxygen atoms in total. The van der Waals surface area contributed by atoms with Crippen molar-refractivity contribution in [2.24, 2.45) is 0 Å². The van der Waals surface area contributed by atoms with E-state index in [2.05, 4.69) is 0 Å². The van der Waals surface area contributed by atoms with Crippen LogP contribution in [-0.2, 0) is 9.84 Å². The number of hydrogen-bond acceptors (Lipinski definition) is 4. The second-order valence-electron chi connectivity index (χ2n) is 5.08. The number of nitrogens with zero attached hydrogens (tertiary/aromatic N) is 1. The van der Waals surface area contributed by atoms with Crippen molar-refractivity contribution in [3.8, 4) is 0 Å². The van der Waals surface area contributed by atoms with Crippen molar-refractivity contribution in [3.63, 3.8) is 0 Å². The highest BCUT2D eigenvalue weighted by Crippen LogP contribution is 2.38. The number of anilines is 1. The summed E-state index contributed by atoms with van der Waals surface area (Å²) in [5.41, 5.74) is 1.76. The number of benzene rings is 1. The molecule has 0 amide bonds. The fourth-order valence-corrected chi connectivity index (χ4v) is 4.30. The van der Waals surface area contributed by atoms with Crippen molar-refractivity contribution in [2.75, 3.05) is 24.3 Å². The summed E-state index contributed by atoms with van der Waals surface area (Å²) >= 11 is 0. The first kappa shape index (κ1) is 13.4. The molecule has 0 aliphatic carbocycles. The molecule has 1 N–H and O–H groups in total. The molecule has 1 atom stereocenters. The summed E-state index contributed by atoms with van der Waals surface area (Å²) in [7, 11) is -1.45. The molecule has 1 aromatic carbocycles. The molecule has 2 rings (SSSR count). The minimum Gasteiger partial charge on any atom is -0.394 e. The van der Waals surface area contributed by atoms with Crippen LogP contribution in [0.2, 0.25) is 0 Å². The number of aliphatic hydroxyl groups is 1. The second kappa shape index (κ2) is 4.55. The van der Waals surface area contributed by atoms with Gasteiger partial charge in [0.15, 0.2) is 9.84 Å². The Morgan fingerprint density at radius 2 is 2.11 bits per heavy atom. The maximum absolute atomic E-state index is 12.2. The Bertz CT molecular complexity index is 551. The van der Waals surface area contributed by atoms with Gasteiger partial charge in [-0.3, -0.25) is 0 Å². The fraction of sp³-hybridized carbons (Fsp3) is 0.538. The lowest BCUT2D eigenvalue weighted by Gasteiger charge is -2.36. The normalized spacial score (nSPS) is 22.1. The topological polar surface area (TPSA) is 57.6 Å². The molecule has 5 heteroatoms. The zero-order valence-corrected chi connectivity index (χ0v) is 11.7. The molecule has 18 heavy (non-hydrogen) atoms. The zero-order valence-electron chi connectivity index (χ0n) is 10.9. The van der Waals surface area contributed by atoms with E-state index >= 15 is 0 Å². The summed E-state index contributed by atoms with van der Waals surface area (Å²) in [6, 6.07) is 5.04. The highest BCUT2D eigenvalue weighted by atomic mass is 32.2. The van der Waals surface area contributed by atoms with E-state index in [1.165, 1.54) is 0 Å². The van der Waals surface area contributed by atoms with E-state index in [0.717, 1.165) is 11.3 Å². The molecule has 0 spiro atoms. The van der Waals surface area contributed by atoms with Crippen LogP contribution < -0.4 is 4.90 Å². The molecule has 0 aromatic heterocycles. The lowest BCUT2D eigenvalue weighted by molar-refractivity contribution is 0.269. The molecule has 0 saturated carbocycles. The zero-order chi connectivity index (χ0) is 13.5. The highest BCUT2D eigenvalue weighted by Gasteiger charge is 2.35. The van der Waals surface area contributed by atoms with Crippen molar-refractivity contribution in [2.45, 2.75) is 30.7 Å². The van der Waals surface area contributed by atoms with E-state index in [4.69, 9.17) is 0 Å². The maximum atomic E-state index is 12.2. The lowest BCUT2D eigenvalue weighted by Crippen LogP contribution is -2.45. The van der Waals surface area contributed by atoms with Gasteiger partial charge in [0.05, 0.1) is 29.0 Å². The third kappa shape index (κ3) is 2.01. The maximum Gasteiger partial charge on any atom is 0.182 e. The number of sulfone groups is 1. The van der Waals surface area contributed by atoms with Gasteiger partial charge in [-0.2, -0.15) is 0 Å².